The van der Waals surface area contributed by atoms with Crippen LogP contribution in [-0.4, -0.2) is 20.7 Å². The summed E-state index contributed by atoms with van der Waals surface area (Å²) in [5.74, 6) is -0.957. The van der Waals surface area contributed by atoms with Crippen LogP contribution in [-0.2, 0) is 0 Å². The van der Waals surface area contributed by atoms with E-state index in [1.807, 2.05) is 13.0 Å². The Balaban J connectivity index is 2.83. The van der Waals surface area contributed by atoms with E-state index >= 15 is 0 Å². The number of aromatic nitrogens is 2. The molecule has 0 fully saturated rings. The van der Waals surface area contributed by atoms with Gasteiger partial charge in [-0.3, -0.25) is 0 Å². The van der Waals surface area contributed by atoms with E-state index in [0.29, 0.717) is 5.52 Å². The molecule has 1 N–H and O–H groups in total. The summed E-state index contributed by atoms with van der Waals surface area (Å²) in [4.78, 5) is 10.8. The Morgan fingerprint density at radius 3 is 2.93 bits per heavy atom. The Morgan fingerprint density at radius 2 is 2.29 bits per heavy atom. The van der Waals surface area contributed by atoms with Crippen LogP contribution in [0.1, 0.15) is 16.1 Å². The van der Waals surface area contributed by atoms with Crippen molar-refractivity contribution >= 4 is 27.4 Å². The lowest BCUT2D eigenvalue weighted by Crippen LogP contribution is -1.97. The van der Waals surface area contributed by atoms with Crippen molar-refractivity contribution in [1.29, 1.82) is 0 Å². The lowest BCUT2D eigenvalue weighted by Gasteiger charge is -2.01. The summed E-state index contributed by atoms with van der Waals surface area (Å²) >= 11 is 3.35. The summed E-state index contributed by atoms with van der Waals surface area (Å²) in [7, 11) is 0. The van der Waals surface area contributed by atoms with E-state index in [1.54, 1.807) is 10.6 Å². The Morgan fingerprint density at radius 1 is 1.57 bits per heavy atom. The highest BCUT2D eigenvalue weighted by atomic mass is 79.9. The monoisotopic (exact) mass is 254 g/mol. The molecule has 0 spiro atoms. The van der Waals surface area contributed by atoms with Crippen molar-refractivity contribution in [2.75, 3.05) is 0 Å². The van der Waals surface area contributed by atoms with E-state index in [9.17, 15) is 4.79 Å². The number of fused-ring (bicyclic) bond motifs is 1. The van der Waals surface area contributed by atoms with Gasteiger partial charge in [0.25, 0.3) is 0 Å². The third-order valence-electron chi connectivity index (χ3n) is 2.09. The van der Waals surface area contributed by atoms with Gasteiger partial charge in [-0.15, -0.1) is 0 Å². The molecule has 0 amide bonds. The number of hydrogen-bond donors (Lipinski definition) is 1. The summed E-state index contributed by atoms with van der Waals surface area (Å²) in [6, 6.07) is 3.55. The molecule has 14 heavy (non-hydrogen) atoms. The Kier molecular flexibility index (Phi) is 2.03. The topological polar surface area (TPSA) is 54.6 Å². The standard InChI is InChI=1S/C9H7BrN2O2/c1-5-7(10)2-3-8-6(9(13)14)4-11-12(5)8/h2-4H,1H3,(H,13,14). The maximum atomic E-state index is 10.8. The average Bonchev–Trinajstić information content (AvgIpc) is 2.55. The first kappa shape index (κ1) is 9.21. The van der Waals surface area contributed by atoms with Crippen LogP contribution in [0.25, 0.3) is 5.52 Å². The summed E-state index contributed by atoms with van der Waals surface area (Å²) in [5, 5.41) is 12.9. The minimum absolute atomic E-state index is 0.223. The SMILES string of the molecule is Cc1c(Br)ccc2c(C(=O)O)cnn12. The highest BCUT2D eigenvalue weighted by Crippen LogP contribution is 2.19. The van der Waals surface area contributed by atoms with Gasteiger partial charge in [-0.2, -0.15) is 5.10 Å². The molecule has 2 aromatic heterocycles. The fourth-order valence-corrected chi connectivity index (χ4v) is 1.62. The van der Waals surface area contributed by atoms with Crippen molar-refractivity contribution in [3.8, 4) is 0 Å². The molecule has 2 rings (SSSR count). The van der Waals surface area contributed by atoms with E-state index in [-0.39, 0.29) is 5.56 Å². The molecule has 2 aromatic rings. The number of carbonyl (C=O) groups is 1. The molecular weight excluding hydrogens is 248 g/mol. The molecule has 4 nitrogen and oxygen atoms in total. The molecule has 0 aliphatic carbocycles. The maximum absolute atomic E-state index is 10.8. The van der Waals surface area contributed by atoms with Crippen LogP contribution in [0.3, 0.4) is 0 Å². The molecule has 0 aromatic carbocycles. The molecule has 72 valence electrons. The highest BCUT2D eigenvalue weighted by Gasteiger charge is 2.12. The van der Waals surface area contributed by atoms with Gasteiger partial charge >= 0.3 is 5.97 Å². The first-order valence-electron chi connectivity index (χ1n) is 3.97. The zero-order valence-electron chi connectivity index (χ0n) is 7.36. The number of carboxylic acid groups (broad SMARTS) is 1. The molecule has 0 aliphatic rings. The largest absolute Gasteiger partial charge is 0.478 e. The van der Waals surface area contributed by atoms with E-state index in [2.05, 4.69) is 21.0 Å². The third-order valence-corrected chi connectivity index (χ3v) is 2.93. The number of rotatable bonds is 1. The number of pyridine rings is 1. The molecule has 2 heterocycles. The molecule has 0 bridgehead atoms. The fraction of sp³-hybridized carbons (Fsp3) is 0.111. The maximum Gasteiger partial charge on any atom is 0.339 e. The van der Waals surface area contributed by atoms with E-state index in [4.69, 9.17) is 5.11 Å². The van der Waals surface area contributed by atoms with Crippen molar-refractivity contribution in [2.45, 2.75) is 6.92 Å². The lowest BCUT2D eigenvalue weighted by molar-refractivity contribution is 0.0699. The van der Waals surface area contributed by atoms with E-state index in [1.165, 1.54) is 6.20 Å². The van der Waals surface area contributed by atoms with Gasteiger partial charge < -0.3 is 5.11 Å². The van der Waals surface area contributed by atoms with Crippen LogP contribution in [0.2, 0.25) is 0 Å². The van der Waals surface area contributed by atoms with Crippen molar-refractivity contribution in [3.63, 3.8) is 0 Å². The van der Waals surface area contributed by atoms with Gasteiger partial charge in [0.15, 0.2) is 0 Å². The quantitative estimate of drug-likeness (QED) is 0.848. The number of nitrogens with zero attached hydrogens (tertiary/aromatic N) is 2. The van der Waals surface area contributed by atoms with Crippen molar-refractivity contribution in [3.05, 3.63) is 34.1 Å². The van der Waals surface area contributed by atoms with Gasteiger partial charge in [-0.05, 0) is 35.0 Å². The smallest absolute Gasteiger partial charge is 0.339 e. The van der Waals surface area contributed by atoms with Gasteiger partial charge in [0.05, 0.1) is 17.4 Å². The Bertz CT molecular complexity index is 519. The second kappa shape index (κ2) is 3.09. The number of hydrogen-bond acceptors (Lipinski definition) is 2. The first-order valence-corrected chi connectivity index (χ1v) is 4.76. The summed E-state index contributed by atoms with van der Waals surface area (Å²) < 4.78 is 2.51. The van der Waals surface area contributed by atoms with Crippen molar-refractivity contribution in [1.82, 2.24) is 9.61 Å². The molecule has 0 aliphatic heterocycles. The average molecular weight is 255 g/mol. The van der Waals surface area contributed by atoms with Crippen LogP contribution in [0, 0.1) is 6.92 Å². The minimum atomic E-state index is -0.957. The zero-order valence-corrected chi connectivity index (χ0v) is 8.95. The Labute approximate surface area is 88.3 Å². The molecule has 0 saturated heterocycles. The van der Waals surface area contributed by atoms with Gasteiger partial charge in [-0.1, -0.05) is 0 Å². The normalized spacial score (nSPS) is 10.7. The number of aromatic carboxylic acids is 1. The second-order valence-corrected chi connectivity index (χ2v) is 3.78. The second-order valence-electron chi connectivity index (χ2n) is 2.93. The number of carboxylic acids is 1. The highest BCUT2D eigenvalue weighted by molar-refractivity contribution is 9.10. The van der Waals surface area contributed by atoms with Gasteiger partial charge in [0, 0.05) is 4.47 Å². The van der Waals surface area contributed by atoms with Crippen molar-refractivity contribution < 1.29 is 9.90 Å². The third kappa shape index (κ3) is 1.21. The van der Waals surface area contributed by atoms with Crippen LogP contribution in [0.5, 0.6) is 0 Å². The molecule has 5 heteroatoms. The molecular formula is C9H7BrN2O2. The predicted octanol–water partition coefficient (Wildman–Crippen LogP) is 2.10. The fourth-order valence-electron chi connectivity index (χ4n) is 1.32. The van der Waals surface area contributed by atoms with E-state index in [0.717, 1.165) is 10.2 Å². The molecule has 0 unspecified atom stereocenters. The molecule has 0 atom stereocenters. The first-order chi connectivity index (χ1) is 6.61. The van der Waals surface area contributed by atoms with Crippen LogP contribution in [0.15, 0.2) is 22.8 Å². The summed E-state index contributed by atoms with van der Waals surface area (Å²) in [5.41, 5.74) is 1.72. The van der Waals surface area contributed by atoms with Crippen LogP contribution < -0.4 is 0 Å². The van der Waals surface area contributed by atoms with Crippen molar-refractivity contribution in [2.24, 2.45) is 0 Å². The summed E-state index contributed by atoms with van der Waals surface area (Å²) in [6.07, 6.45) is 1.36. The van der Waals surface area contributed by atoms with Gasteiger partial charge in [0.1, 0.15) is 5.56 Å². The number of halogens is 1. The lowest BCUT2D eigenvalue weighted by atomic mass is 10.2. The van der Waals surface area contributed by atoms with Gasteiger partial charge in [-0.25, -0.2) is 9.31 Å². The van der Waals surface area contributed by atoms with Crippen LogP contribution >= 0.6 is 15.9 Å². The van der Waals surface area contributed by atoms with E-state index < -0.39 is 5.97 Å². The predicted molar refractivity (Wildman–Crippen MR) is 54.6 cm³/mol. The Hall–Kier alpha value is -1.36. The summed E-state index contributed by atoms with van der Waals surface area (Å²) in [6.45, 7) is 1.87. The van der Waals surface area contributed by atoms with Crippen LogP contribution in [0.4, 0.5) is 0 Å². The van der Waals surface area contributed by atoms with Gasteiger partial charge in [0.2, 0.25) is 0 Å². The number of aryl methyl sites for hydroxylation is 1. The minimum Gasteiger partial charge on any atom is -0.478 e. The molecule has 0 radical (unpaired) electrons. The molecule has 0 saturated carbocycles. The zero-order chi connectivity index (χ0) is 10.3.